The Kier molecular flexibility index (Phi) is 5.64. The van der Waals surface area contributed by atoms with Gasteiger partial charge in [-0.15, -0.1) is 24.8 Å². The van der Waals surface area contributed by atoms with Crippen LogP contribution in [0.2, 0.25) is 0 Å². The molecule has 0 radical (unpaired) electrons. The van der Waals surface area contributed by atoms with Crippen molar-refractivity contribution in [1.82, 2.24) is 15.0 Å². The van der Waals surface area contributed by atoms with E-state index in [0.717, 1.165) is 5.56 Å². The molecule has 2 rings (SSSR count). The van der Waals surface area contributed by atoms with Crippen LogP contribution in [-0.2, 0) is 0 Å². The van der Waals surface area contributed by atoms with Crippen LogP contribution >= 0.6 is 24.8 Å². The second-order valence-electron chi connectivity index (χ2n) is 3.11. The van der Waals surface area contributed by atoms with E-state index in [1.165, 1.54) is 0 Å². The lowest BCUT2D eigenvalue weighted by Gasteiger charge is -1.92. The second-order valence-corrected chi connectivity index (χ2v) is 3.11. The third-order valence-corrected chi connectivity index (χ3v) is 2.02. The van der Waals surface area contributed by atoms with Gasteiger partial charge in [0.2, 0.25) is 0 Å². The van der Waals surface area contributed by atoms with Crippen LogP contribution in [-0.4, -0.2) is 26.0 Å². The maximum Gasteiger partial charge on any atom is 0.356 e. The van der Waals surface area contributed by atoms with Gasteiger partial charge in [-0.05, 0) is 19.1 Å². The Morgan fingerprint density at radius 3 is 2.59 bits per heavy atom. The fourth-order valence-corrected chi connectivity index (χ4v) is 1.31. The molecule has 0 amide bonds. The number of hydrogen-bond donors (Lipinski definition) is 2. The highest BCUT2D eigenvalue weighted by molar-refractivity contribution is 5.87. The number of aromatic nitrogens is 3. The molecule has 0 unspecified atom stereocenters. The minimum Gasteiger partial charge on any atom is -0.476 e. The predicted octanol–water partition coefficient (Wildman–Crippen LogP) is 2.32. The molecule has 7 heteroatoms. The summed E-state index contributed by atoms with van der Waals surface area (Å²) in [6.07, 6.45) is 3.28. The van der Waals surface area contributed by atoms with Gasteiger partial charge in [0.1, 0.15) is 5.82 Å². The molecule has 0 spiro atoms. The molecule has 0 atom stereocenters. The standard InChI is InChI=1S/C10H9N3O2.2ClH/c1-6-8(10(14)15)13-9(12-6)7-3-2-4-11-5-7;;/h2-5H,1H3,(H,12,13)(H,14,15);2*1H. The summed E-state index contributed by atoms with van der Waals surface area (Å²) in [5.41, 5.74) is 1.36. The van der Waals surface area contributed by atoms with Crippen molar-refractivity contribution in [2.75, 3.05) is 0 Å². The van der Waals surface area contributed by atoms with Crippen LogP contribution in [0.3, 0.4) is 0 Å². The number of nitrogens with zero attached hydrogens (tertiary/aromatic N) is 2. The summed E-state index contributed by atoms with van der Waals surface area (Å²) in [5, 5.41) is 8.83. The molecular weight excluding hydrogens is 265 g/mol. The van der Waals surface area contributed by atoms with Crippen LogP contribution in [0.5, 0.6) is 0 Å². The molecule has 2 heterocycles. The van der Waals surface area contributed by atoms with E-state index in [2.05, 4.69) is 15.0 Å². The highest BCUT2D eigenvalue weighted by Crippen LogP contribution is 2.16. The Hall–Kier alpha value is -1.59. The number of H-pyrrole nitrogens is 1. The summed E-state index contributed by atoms with van der Waals surface area (Å²) in [6.45, 7) is 1.68. The van der Waals surface area contributed by atoms with Gasteiger partial charge >= 0.3 is 5.97 Å². The number of carbonyl (C=O) groups is 1. The Bertz CT molecular complexity index is 500. The lowest BCUT2D eigenvalue weighted by Crippen LogP contribution is -1.98. The van der Waals surface area contributed by atoms with Crippen molar-refractivity contribution in [3.63, 3.8) is 0 Å². The van der Waals surface area contributed by atoms with Gasteiger partial charge in [-0.1, -0.05) is 0 Å². The third kappa shape index (κ3) is 3.18. The maximum absolute atomic E-state index is 10.8. The third-order valence-electron chi connectivity index (χ3n) is 2.02. The molecule has 0 saturated carbocycles. The van der Waals surface area contributed by atoms with Gasteiger partial charge in [0.15, 0.2) is 5.69 Å². The summed E-state index contributed by atoms with van der Waals surface area (Å²) in [7, 11) is 0. The molecule has 0 aromatic carbocycles. The minimum atomic E-state index is -1.03. The van der Waals surface area contributed by atoms with E-state index in [0.29, 0.717) is 11.5 Å². The highest BCUT2D eigenvalue weighted by Gasteiger charge is 2.13. The van der Waals surface area contributed by atoms with Crippen molar-refractivity contribution in [3.8, 4) is 11.4 Å². The number of carboxylic acids is 1. The Labute approximate surface area is 110 Å². The Balaban J connectivity index is 0.00000128. The van der Waals surface area contributed by atoms with Crippen molar-refractivity contribution < 1.29 is 9.90 Å². The minimum absolute atomic E-state index is 0. The zero-order valence-electron chi connectivity index (χ0n) is 8.88. The van der Waals surface area contributed by atoms with Gasteiger partial charge < -0.3 is 10.1 Å². The fourth-order valence-electron chi connectivity index (χ4n) is 1.31. The van der Waals surface area contributed by atoms with Crippen LogP contribution in [0.4, 0.5) is 0 Å². The Morgan fingerprint density at radius 2 is 2.12 bits per heavy atom. The zero-order chi connectivity index (χ0) is 10.8. The molecule has 2 N–H and O–H groups in total. The van der Waals surface area contributed by atoms with E-state index in [9.17, 15) is 4.79 Å². The van der Waals surface area contributed by atoms with E-state index in [4.69, 9.17) is 5.11 Å². The lowest BCUT2D eigenvalue weighted by atomic mass is 10.3. The average molecular weight is 276 g/mol. The van der Waals surface area contributed by atoms with Gasteiger partial charge in [-0.3, -0.25) is 4.98 Å². The highest BCUT2D eigenvalue weighted by atomic mass is 35.5. The van der Waals surface area contributed by atoms with Crippen molar-refractivity contribution in [2.24, 2.45) is 0 Å². The smallest absolute Gasteiger partial charge is 0.356 e. The van der Waals surface area contributed by atoms with E-state index in [1.54, 1.807) is 25.4 Å². The van der Waals surface area contributed by atoms with Crippen molar-refractivity contribution >= 4 is 30.8 Å². The first-order valence-corrected chi connectivity index (χ1v) is 4.39. The van der Waals surface area contributed by atoms with Crippen molar-refractivity contribution in [2.45, 2.75) is 6.92 Å². The van der Waals surface area contributed by atoms with E-state index in [-0.39, 0.29) is 30.5 Å². The number of imidazole rings is 1. The summed E-state index contributed by atoms with van der Waals surface area (Å²) in [6, 6.07) is 3.59. The zero-order valence-corrected chi connectivity index (χ0v) is 10.5. The summed E-state index contributed by atoms with van der Waals surface area (Å²) in [5.74, 6) is -0.503. The SMILES string of the molecule is Cc1[nH]c(-c2cccnc2)nc1C(=O)O.Cl.Cl. The molecule has 92 valence electrons. The maximum atomic E-state index is 10.8. The second kappa shape index (κ2) is 6.22. The van der Waals surface area contributed by atoms with Crippen LogP contribution in [0.1, 0.15) is 16.2 Å². The lowest BCUT2D eigenvalue weighted by molar-refractivity contribution is 0.0690. The number of aromatic amines is 1. The molecular formula is C10H11Cl2N3O2. The molecule has 2 aromatic rings. The van der Waals surface area contributed by atoms with E-state index >= 15 is 0 Å². The van der Waals surface area contributed by atoms with Gasteiger partial charge in [0.25, 0.3) is 0 Å². The molecule has 0 fully saturated rings. The number of aryl methyl sites for hydroxylation is 1. The van der Waals surface area contributed by atoms with Crippen molar-refractivity contribution in [3.05, 3.63) is 35.9 Å². The summed E-state index contributed by atoms with van der Waals surface area (Å²) in [4.78, 5) is 21.6. The quantitative estimate of drug-likeness (QED) is 0.882. The van der Waals surface area contributed by atoms with Crippen LogP contribution in [0.25, 0.3) is 11.4 Å². The molecule has 5 nitrogen and oxygen atoms in total. The van der Waals surface area contributed by atoms with Crippen LogP contribution < -0.4 is 0 Å². The number of hydrogen-bond acceptors (Lipinski definition) is 3. The molecule has 0 aliphatic rings. The number of rotatable bonds is 2. The van der Waals surface area contributed by atoms with Crippen LogP contribution in [0.15, 0.2) is 24.5 Å². The van der Waals surface area contributed by atoms with Crippen molar-refractivity contribution in [1.29, 1.82) is 0 Å². The monoisotopic (exact) mass is 275 g/mol. The first-order valence-electron chi connectivity index (χ1n) is 4.39. The summed E-state index contributed by atoms with van der Waals surface area (Å²) < 4.78 is 0. The first-order chi connectivity index (χ1) is 7.18. The van der Waals surface area contributed by atoms with Crippen LogP contribution in [0, 0.1) is 6.92 Å². The number of carboxylic acid groups (broad SMARTS) is 1. The molecule has 2 aromatic heterocycles. The van der Waals surface area contributed by atoms with Gasteiger partial charge in [0.05, 0.1) is 0 Å². The number of aromatic carboxylic acids is 1. The molecule has 0 aliphatic carbocycles. The average Bonchev–Trinajstić information content (AvgIpc) is 2.62. The Morgan fingerprint density at radius 1 is 1.41 bits per heavy atom. The topological polar surface area (TPSA) is 78.9 Å². The first kappa shape index (κ1) is 15.4. The largest absolute Gasteiger partial charge is 0.476 e. The predicted molar refractivity (Wildman–Crippen MR) is 68.0 cm³/mol. The summed E-state index contributed by atoms with van der Waals surface area (Å²) >= 11 is 0. The molecule has 17 heavy (non-hydrogen) atoms. The normalized spacial score (nSPS) is 9.00. The van der Waals surface area contributed by atoms with Gasteiger partial charge in [-0.2, -0.15) is 0 Å². The fraction of sp³-hybridized carbons (Fsp3) is 0.100. The van der Waals surface area contributed by atoms with Gasteiger partial charge in [0, 0.05) is 23.7 Å². The molecule has 0 bridgehead atoms. The number of halogens is 2. The number of nitrogens with one attached hydrogen (secondary N) is 1. The molecule has 0 saturated heterocycles. The number of pyridine rings is 1. The molecule has 0 aliphatic heterocycles. The van der Waals surface area contributed by atoms with E-state index in [1.807, 2.05) is 6.07 Å². The van der Waals surface area contributed by atoms with E-state index < -0.39 is 5.97 Å². The van der Waals surface area contributed by atoms with Gasteiger partial charge in [-0.25, -0.2) is 9.78 Å².